The van der Waals surface area contributed by atoms with Gasteiger partial charge in [0, 0.05) is 19.4 Å². The van der Waals surface area contributed by atoms with Crippen molar-refractivity contribution < 1.29 is 13.9 Å². The Hall–Kier alpha value is -1.35. The van der Waals surface area contributed by atoms with Crippen molar-refractivity contribution in [2.24, 2.45) is 5.92 Å². The fraction of sp³-hybridized carbons (Fsp3) is 0.688. The van der Waals surface area contributed by atoms with Crippen LogP contribution in [0, 0.1) is 17.2 Å². The summed E-state index contributed by atoms with van der Waals surface area (Å²) in [6, 6.07) is 5.49. The summed E-state index contributed by atoms with van der Waals surface area (Å²) in [5.41, 5.74) is 0. The molecule has 1 atom stereocenters. The third-order valence-corrected chi connectivity index (χ3v) is 4.39. The van der Waals surface area contributed by atoms with Gasteiger partial charge in [0.25, 0.3) is 0 Å². The lowest BCUT2D eigenvalue weighted by Gasteiger charge is -2.34. The monoisotopic (exact) mass is 290 g/mol. The Balaban J connectivity index is 1.42. The molecular formula is C16H22N2O3. The number of nitrogens with zero attached hydrogens (tertiary/aromatic N) is 1. The summed E-state index contributed by atoms with van der Waals surface area (Å²) in [4.78, 5) is 0. The minimum absolute atomic E-state index is 0.101. The average molecular weight is 290 g/mol. The van der Waals surface area contributed by atoms with Gasteiger partial charge in [-0.2, -0.15) is 5.26 Å². The van der Waals surface area contributed by atoms with Gasteiger partial charge in [0.15, 0.2) is 5.79 Å². The van der Waals surface area contributed by atoms with Gasteiger partial charge in [-0.05, 0) is 30.9 Å². The number of nitriles is 1. The van der Waals surface area contributed by atoms with E-state index in [1.807, 2.05) is 12.1 Å². The van der Waals surface area contributed by atoms with Crippen molar-refractivity contribution in [3.63, 3.8) is 0 Å². The van der Waals surface area contributed by atoms with Crippen LogP contribution < -0.4 is 5.32 Å². The lowest BCUT2D eigenvalue weighted by atomic mass is 9.86. The normalized spacial score (nSPS) is 32.4. The number of nitrogens with one attached hydrogen (secondary N) is 1. The van der Waals surface area contributed by atoms with E-state index in [1.54, 1.807) is 6.07 Å². The largest absolute Gasteiger partial charge is 0.449 e. The number of furan rings is 1. The molecule has 5 heteroatoms. The maximum Gasteiger partial charge on any atom is 0.203 e. The maximum absolute atomic E-state index is 8.71. The highest BCUT2D eigenvalue weighted by molar-refractivity contribution is 5.18. The molecule has 0 radical (unpaired) electrons. The van der Waals surface area contributed by atoms with Crippen LogP contribution in [0.25, 0.3) is 0 Å². The molecule has 114 valence electrons. The fourth-order valence-corrected chi connectivity index (χ4v) is 3.07. The van der Waals surface area contributed by atoms with Crippen LogP contribution >= 0.6 is 0 Å². The number of rotatable bonds is 4. The van der Waals surface area contributed by atoms with E-state index < -0.39 is 0 Å². The van der Waals surface area contributed by atoms with Crippen molar-refractivity contribution in [3.8, 4) is 6.07 Å². The first-order valence-corrected chi connectivity index (χ1v) is 7.70. The second-order valence-corrected chi connectivity index (χ2v) is 6.15. The van der Waals surface area contributed by atoms with E-state index in [4.69, 9.17) is 19.2 Å². The molecule has 1 spiro atoms. The Bertz CT molecular complexity index is 512. The fourth-order valence-electron chi connectivity index (χ4n) is 3.07. The predicted molar refractivity (Wildman–Crippen MR) is 76.3 cm³/mol. The quantitative estimate of drug-likeness (QED) is 0.923. The van der Waals surface area contributed by atoms with Gasteiger partial charge in [0.2, 0.25) is 5.76 Å². The Labute approximate surface area is 125 Å². The molecule has 1 saturated heterocycles. The van der Waals surface area contributed by atoms with Gasteiger partial charge in [-0.3, -0.25) is 0 Å². The Morgan fingerprint density at radius 1 is 1.38 bits per heavy atom. The molecule has 5 nitrogen and oxygen atoms in total. The molecule has 1 N–H and O–H groups in total. The molecule has 0 bridgehead atoms. The Morgan fingerprint density at radius 3 is 2.90 bits per heavy atom. The zero-order valence-corrected chi connectivity index (χ0v) is 12.4. The highest BCUT2D eigenvalue weighted by Crippen LogP contribution is 2.39. The van der Waals surface area contributed by atoms with E-state index in [0.717, 1.165) is 31.1 Å². The minimum Gasteiger partial charge on any atom is -0.449 e. The molecule has 21 heavy (non-hydrogen) atoms. The molecule has 2 aliphatic rings. The Morgan fingerprint density at radius 2 is 2.19 bits per heavy atom. The number of ether oxygens (including phenoxy) is 2. The standard InChI is InChI=1S/C16H22N2O3/c1-12-4-6-16(7-5-12)19-11-15(21-16)10-18-9-14-3-2-13(8-17)20-14/h2-3,12,15,18H,4-7,9-11H2,1H3. The lowest BCUT2D eigenvalue weighted by molar-refractivity contribution is -0.191. The summed E-state index contributed by atoms with van der Waals surface area (Å²) in [6.45, 7) is 4.29. The van der Waals surface area contributed by atoms with Crippen molar-refractivity contribution in [2.75, 3.05) is 13.2 Å². The van der Waals surface area contributed by atoms with Crippen LogP contribution in [0.2, 0.25) is 0 Å². The van der Waals surface area contributed by atoms with Crippen molar-refractivity contribution in [1.82, 2.24) is 5.32 Å². The molecule has 1 aromatic rings. The SMILES string of the molecule is CC1CCC2(CC1)OCC(CNCc1ccc(C#N)o1)O2. The summed E-state index contributed by atoms with van der Waals surface area (Å²) in [7, 11) is 0. The molecule has 1 unspecified atom stereocenters. The summed E-state index contributed by atoms with van der Waals surface area (Å²) < 4.78 is 17.4. The molecule has 2 fully saturated rings. The van der Waals surface area contributed by atoms with E-state index >= 15 is 0 Å². The summed E-state index contributed by atoms with van der Waals surface area (Å²) in [6.07, 6.45) is 4.49. The van der Waals surface area contributed by atoms with Gasteiger partial charge >= 0.3 is 0 Å². The van der Waals surface area contributed by atoms with Crippen LogP contribution in [0.1, 0.15) is 44.1 Å². The van der Waals surface area contributed by atoms with E-state index in [0.29, 0.717) is 18.9 Å². The van der Waals surface area contributed by atoms with Gasteiger partial charge in [0.1, 0.15) is 11.8 Å². The van der Waals surface area contributed by atoms with E-state index in [1.165, 1.54) is 12.8 Å². The molecule has 1 aliphatic heterocycles. The molecule has 3 rings (SSSR count). The van der Waals surface area contributed by atoms with E-state index in [-0.39, 0.29) is 11.9 Å². The topological polar surface area (TPSA) is 67.4 Å². The summed E-state index contributed by atoms with van der Waals surface area (Å²) in [5, 5.41) is 12.0. The second kappa shape index (κ2) is 6.18. The molecule has 1 aliphatic carbocycles. The zero-order chi connectivity index (χ0) is 14.7. The second-order valence-electron chi connectivity index (χ2n) is 6.15. The Kier molecular flexibility index (Phi) is 4.29. The first-order chi connectivity index (χ1) is 10.2. The van der Waals surface area contributed by atoms with Crippen LogP contribution in [0.4, 0.5) is 0 Å². The molecule has 1 saturated carbocycles. The molecule has 1 aromatic heterocycles. The highest BCUT2D eigenvalue weighted by Gasteiger charge is 2.43. The van der Waals surface area contributed by atoms with Crippen LogP contribution in [-0.2, 0) is 16.0 Å². The molecule has 2 heterocycles. The maximum atomic E-state index is 8.71. The third kappa shape index (κ3) is 3.46. The number of hydrogen-bond acceptors (Lipinski definition) is 5. The minimum atomic E-state index is -0.322. The molecule has 0 amide bonds. The summed E-state index contributed by atoms with van der Waals surface area (Å²) >= 11 is 0. The van der Waals surface area contributed by atoms with E-state index in [2.05, 4.69) is 12.2 Å². The highest BCUT2D eigenvalue weighted by atomic mass is 16.7. The average Bonchev–Trinajstić information content (AvgIpc) is 3.10. The van der Waals surface area contributed by atoms with Crippen LogP contribution in [0.15, 0.2) is 16.5 Å². The van der Waals surface area contributed by atoms with Crippen LogP contribution in [-0.4, -0.2) is 25.0 Å². The predicted octanol–water partition coefficient (Wildman–Crippen LogP) is 2.56. The van der Waals surface area contributed by atoms with Gasteiger partial charge in [-0.15, -0.1) is 0 Å². The van der Waals surface area contributed by atoms with Gasteiger partial charge in [-0.1, -0.05) is 6.92 Å². The molecular weight excluding hydrogens is 268 g/mol. The first kappa shape index (κ1) is 14.6. The van der Waals surface area contributed by atoms with E-state index in [9.17, 15) is 0 Å². The van der Waals surface area contributed by atoms with Crippen LogP contribution in [0.5, 0.6) is 0 Å². The third-order valence-electron chi connectivity index (χ3n) is 4.39. The van der Waals surface area contributed by atoms with Crippen molar-refractivity contribution in [1.29, 1.82) is 5.26 Å². The van der Waals surface area contributed by atoms with Gasteiger partial charge < -0.3 is 19.2 Å². The summed E-state index contributed by atoms with van der Waals surface area (Å²) in [5.74, 6) is 1.58. The van der Waals surface area contributed by atoms with Crippen molar-refractivity contribution >= 4 is 0 Å². The number of hydrogen-bond donors (Lipinski definition) is 1. The van der Waals surface area contributed by atoms with Gasteiger partial charge in [0.05, 0.1) is 19.3 Å². The van der Waals surface area contributed by atoms with Crippen LogP contribution in [0.3, 0.4) is 0 Å². The van der Waals surface area contributed by atoms with Crippen molar-refractivity contribution in [2.45, 2.75) is 51.0 Å². The lowest BCUT2D eigenvalue weighted by Crippen LogP contribution is -2.37. The van der Waals surface area contributed by atoms with Crippen molar-refractivity contribution in [3.05, 3.63) is 23.7 Å². The zero-order valence-electron chi connectivity index (χ0n) is 12.4. The smallest absolute Gasteiger partial charge is 0.203 e. The molecule has 0 aromatic carbocycles. The van der Waals surface area contributed by atoms with Gasteiger partial charge in [-0.25, -0.2) is 0 Å². The first-order valence-electron chi connectivity index (χ1n) is 7.70.